The number of nitrogens with zero attached hydrogens (tertiary/aromatic N) is 2. The zero-order valence-electron chi connectivity index (χ0n) is 15.0. The first kappa shape index (κ1) is 21.7. The van der Waals surface area contributed by atoms with Gasteiger partial charge in [0.15, 0.2) is 16.5 Å². The standard InChI is InChI=1S/C19H21N3O2S.2ClH/c1-12-8-9-22(13(10-12)11-20)19(23)16-7-6-15(24-16)18-21-14-4-2-3-5-17(14)25-18;;/h2-7,12-13H,8-11,20H2,1H3;2*1H. The molecule has 146 valence electrons. The number of hydrogen-bond donors (Lipinski definition) is 1. The summed E-state index contributed by atoms with van der Waals surface area (Å²) in [6, 6.07) is 11.6. The van der Waals surface area contributed by atoms with Crippen LogP contribution < -0.4 is 5.73 Å². The number of para-hydroxylation sites is 1. The highest BCUT2D eigenvalue weighted by molar-refractivity contribution is 7.21. The predicted molar refractivity (Wildman–Crippen MR) is 114 cm³/mol. The second-order valence-corrected chi connectivity index (χ2v) is 7.70. The zero-order valence-corrected chi connectivity index (χ0v) is 17.4. The second-order valence-electron chi connectivity index (χ2n) is 6.67. The zero-order chi connectivity index (χ0) is 17.4. The molecule has 1 fully saturated rings. The van der Waals surface area contributed by atoms with Crippen LogP contribution in [0.1, 0.15) is 30.3 Å². The van der Waals surface area contributed by atoms with E-state index in [2.05, 4.69) is 11.9 Å². The number of halogens is 2. The molecule has 0 radical (unpaired) electrons. The van der Waals surface area contributed by atoms with Gasteiger partial charge in [-0.05, 0) is 43.0 Å². The normalized spacial score (nSPS) is 19.4. The van der Waals surface area contributed by atoms with Crippen molar-refractivity contribution in [2.45, 2.75) is 25.8 Å². The number of benzene rings is 1. The lowest BCUT2D eigenvalue weighted by Gasteiger charge is -2.37. The topological polar surface area (TPSA) is 72.4 Å². The molecule has 1 aliphatic heterocycles. The molecule has 4 rings (SSSR count). The Balaban J connectivity index is 0.00000131. The number of nitrogens with two attached hydrogens (primary N) is 1. The van der Waals surface area contributed by atoms with E-state index >= 15 is 0 Å². The fourth-order valence-corrected chi connectivity index (χ4v) is 4.36. The molecule has 2 aromatic heterocycles. The molecule has 1 saturated heterocycles. The minimum Gasteiger partial charge on any atom is -0.448 e. The van der Waals surface area contributed by atoms with Gasteiger partial charge in [0.1, 0.15) is 0 Å². The molecule has 2 unspecified atom stereocenters. The van der Waals surface area contributed by atoms with E-state index in [1.165, 1.54) is 0 Å². The van der Waals surface area contributed by atoms with Crippen LogP contribution in [0.4, 0.5) is 0 Å². The molecule has 0 saturated carbocycles. The average molecular weight is 428 g/mol. The number of amides is 1. The molecule has 5 nitrogen and oxygen atoms in total. The maximum atomic E-state index is 12.9. The highest BCUT2D eigenvalue weighted by Gasteiger charge is 2.31. The van der Waals surface area contributed by atoms with Gasteiger partial charge in [0.05, 0.1) is 10.2 Å². The SMILES string of the molecule is CC1CCN(C(=O)c2ccc(-c3nc4ccccc4s3)o2)C(CN)C1.Cl.Cl. The van der Waals surface area contributed by atoms with Crippen LogP contribution >= 0.6 is 36.2 Å². The summed E-state index contributed by atoms with van der Waals surface area (Å²) in [6.45, 7) is 3.43. The Morgan fingerprint density at radius 3 is 2.81 bits per heavy atom. The van der Waals surface area contributed by atoms with Crippen LogP contribution in [-0.2, 0) is 0 Å². The van der Waals surface area contributed by atoms with Crippen LogP contribution in [0.3, 0.4) is 0 Å². The molecule has 0 bridgehead atoms. The van der Waals surface area contributed by atoms with Crippen molar-refractivity contribution in [3.05, 3.63) is 42.2 Å². The van der Waals surface area contributed by atoms with E-state index in [9.17, 15) is 4.79 Å². The summed E-state index contributed by atoms with van der Waals surface area (Å²) in [4.78, 5) is 19.3. The number of thiazole rings is 1. The van der Waals surface area contributed by atoms with Gasteiger partial charge in [-0.2, -0.15) is 0 Å². The maximum absolute atomic E-state index is 12.9. The van der Waals surface area contributed by atoms with Crippen LogP contribution in [-0.4, -0.2) is 34.9 Å². The lowest BCUT2D eigenvalue weighted by atomic mass is 9.92. The number of hydrogen-bond acceptors (Lipinski definition) is 5. The number of rotatable bonds is 3. The molecule has 2 N–H and O–H groups in total. The Labute approximate surface area is 174 Å². The Bertz CT molecular complexity index is 878. The summed E-state index contributed by atoms with van der Waals surface area (Å²) in [7, 11) is 0. The van der Waals surface area contributed by atoms with Crippen LogP contribution in [0.25, 0.3) is 21.0 Å². The molecular formula is C19H23Cl2N3O2S. The first-order chi connectivity index (χ1) is 12.2. The summed E-state index contributed by atoms with van der Waals surface area (Å²) < 4.78 is 6.96. The molecule has 3 aromatic rings. The van der Waals surface area contributed by atoms with Crippen LogP contribution in [0.15, 0.2) is 40.8 Å². The number of aromatic nitrogens is 1. The van der Waals surface area contributed by atoms with Gasteiger partial charge in [0.2, 0.25) is 0 Å². The second kappa shape index (κ2) is 9.06. The Kier molecular flexibility index (Phi) is 7.28. The van der Waals surface area contributed by atoms with Crippen molar-refractivity contribution in [3.63, 3.8) is 0 Å². The van der Waals surface area contributed by atoms with E-state index in [0.717, 1.165) is 34.6 Å². The van der Waals surface area contributed by atoms with E-state index in [-0.39, 0.29) is 36.8 Å². The number of carbonyl (C=O) groups excluding carboxylic acids is 1. The van der Waals surface area contributed by atoms with Gasteiger partial charge < -0.3 is 15.1 Å². The summed E-state index contributed by atoms with van der Waals surface area (Å²) in [5.74, 6) is 1.53. The number of piperidine rings is 1. The van der Waals surface area contributed by atoms with Crippen molar-refractivity contribution in [2.75, 3.05) is 13.1 Å². The third-order valence-electron chi connectivity index (χ3n) is 4.83. The first-order valence-corrected chi connectivity index (χ1v) is 9.44. The van der Waals surface area contributed by atoms with Crippen molar-refractivity contribution in [3.8, 4) is 10.8 Å². The first-order valence-electron chi connectivity index (χ1n) is 8.62. The third kappa shape index (κ3) is 4.29. The van der Waals surface area contributed by atoms with Gasteiger partial charge >= 0.3 is 0 Å². The van der Waals surface area contributed by atoms with E-state index in [1.54, 1.807) is 17.4 Å². The van der Waals surface area contributed by atoms with E-state index in [1.807, 2.05) is 35.2 Å². The molecule has 0 aliphatic carbocycles. The van der Waals surface area contributed by atoms with Gasteiger partial charge in [0.25, 0.3) is 5.91 Å². The number of fused-ring (bicyclic) bond motifs is 1. The minimum atomic E-state index is -0.0743. The predicted octanol–water partition coefficient (Wildman–Crippen LogP) is 4.60. The lowest BCUT2D eigenvalue weighted by molar-refractivity contribution is 0.0542. The Hall–Kier alpha value is -1.60. The molecule has 1 aliphatic rings. The van der Waals surface area contributed by atoms with Gasteiger partial charge in [0, 0.05) is 19.1 Å². The molecule has 27 heavy (non-hydrogen) atoms. The van der Waals surface area contributed by atoms with Crippen LogP contribution in [0.2, 0.25) is 0 Å². The number of furan rings is 1. The van der Waals surface area contributed by atoms with Gasteiger partial charge in [-0.1, -0.05) is 19.1 Å². The van der Waals surface area contributed by atoms with E-state index in [0.29, 0.717) is 24.0 Å². The largest absolute Gasteiger partial charge is 0.448 e. The Morgan fingerprint density at radius 2 is 2.07 bits per heavy atom. The summed E-state index contributed by atoms with van der Waals surface area (Å²) >= 11 is 1.57. The van der Waals surface area contributed by atoms with E-state index in [4.69, 9.17) is 10.2 Å². The third-order valence-corrected chi connectivity index (χ3v) is 5.88. The fraction of sp³-hybridized carbons (Fsp3) is 0.368. The van der Waals surface area contributed by atoms with Gasteiger partial charge in [-0.3, -0.25) is 4.79 Å². The quantitative estimate of drug-likeness (QED) is 0.662. The number of likely N-dealkylation sites (tertiary alicyclic amines) is 1. The van der Waals surface area contributed by atoms with E-state index < -0.39 is 0 Å². The summed E-state index contributed by atoms with van der Waals surface area (Å²) in [5, 5.41) is 0.794. The molecule has 3 heterocycles. The monoisotopic (exact) mass is 427 g/mol. The molecule has 0 spiro atoms. The minimum absolute atomic E-state index is 0. The molecule has 8 heteroatoms. The van der Waals surface area contributed by atoms with Crippen molar-refractivity contribution < 1.29 is 9.21 Å². The fourth-order valence-electron chi connectivity index (χ4n) is 3.43. The molecule has 1 amide bonds. The lowest BCUT2D eigenvalue weighted by Crippen LogP contribution is -2.49. The highest BCUT2D eigenvalue weighted by Crippen LogP contribution is 2.32. The smallest absolute Gasteiger partial charge is 0.289 e. The van der Waals surface area contributed by atoms with Crippen molar-refractivity contribution in [1.29, 1.82) is 0 Å². The van der Waals surface area contributed by atoms with Gasteiger partial charge in [-0.25, -0.2) is 4.98 Å². The highest BCUT2D eigenvalue weighted by atomic mass is 35.5. The molecule has 2 atom stereocenters. The van der Waals surface area contributed by atoms with Crippen molar-refractivity contribution in [2.24, 2.45) is 11.7 Å². The Morgan fingerprint density at radius 1 is 1.30 bits per heavy atom. The van der Waals surface area contributed by atoms with Crippen LogP contribution in [0, 0.1) is 5.92 Å². The van der Waals surface area contributed by atoms with Gasteiger partial charge in [-0.15, -0.1) is 36.2 Å². The molecular weight excluding hydrogens is 405 g/mol. The summed E-state index contributed by atoms with van der Waals surface area (Å²) in [5.41, 5.74) is 6.82. The average Bonchev–Trinajstić information content (AvgIpc) is 3.27. The number of carbonyl (C=O) groups is 1. The summed E-state index contributed by atoms with van der Waals surface area (Å²) in [6.07, 6.45) is 1.96. The van der Waals surface area contributed by atoms with Crippen LogP contribution in [0.5, 0.6) is 0 Å². The van der Waals surface area contributed by atoms with Crippen molar-refractivity contribution >= 4 is 52.3 Å². The molecule has 1 aromatic carbocycles. The van der Waals surface area contributed by atoms with Crippen molar-refractivity contribution in [1.82, 2.24) is 9.88 Å². The maximum Gasteiger partial charge on any atom is 0.289 e.